The molecule has 12 heteroatoms. The van der Waals surface area contributed by atoms with E-state index in [0.717, 1.165) is 16.9 Å². The summed E-state index contributed by atoms with van der Waals surface area (Å²) in [6.45, 7) is 5.45. The number of rotatable bonds is 9. The van der Waals surface area contributed by atoms with Crippen LogP contribution in [0, 0.1) is 6.92 Å². The number of aromatic nitrogens is 2. The van der Waals surface area contributed by atoms with Gasteiger partial charge in [0.1, 0.15) is 9.23 Å². The Labute approximate surface area is 208 Å². The van der Waals surface area contributed by atoms with Crippen LogP contribution in [0.25, 0.3) is 0 Å². The maximum Gasteiger partial charge on any atom is 0.238 e. The van der Waals surface area contributed by atoms with Crippen molar-refractivity contribution < 1.29 is 13.2 Å². The molecule has 2 heterocycles. The Bertz CT molecular complexity index is 1290. The third-order valence-electron chi connectivity index (χ3n) is 4.73. The molecule has 0 bridgehead atoms. The Morgan fingerprint density at radius 3 is 2.59 bits per heavy atom. The van der Waals surface area contributed by atoms with Crippen molar-refractivity contribution >= 4 is 67.5 Å². The molecule has 3 aromatic rings. The van der Waals surface area contributed by atoms with Crippen LogP contribution in [-0.2, 0) is 14.6 Å². The largest absolute Gasteiger partial charge is 0.337 e. The fourth-order valence-corrected chi connectivity index (χ4v) is 5.75. The molecule has 0 radical (unpaired) electrons. The highest BCUT2D eigenvalue weighted by atomic mass is 35.5. The molecule has 1 amide bonds. The fourth-order valence-electron chi connectivity index (χ4n) is 2.91. The van der Waals surface area contributed by atoms with Gasteiger partial charge in [-0.25, -0.2) is 13.4 Å². The Balaban J connectivity index is 1.84. The van der Waals surface area contributed by atoms with Gasteiger partial charge in [0.15, 0.2) is 15.7 Å². The Kier molecular flexibility index (Phi) is 8.13. The lowest BCUT2D eigenvalue weighted by Gasteiger charge is -2.14. The molecular formula is C22H27ClN6O3S2. The third-order valence-corrected chi connectivity index (χ3v) is 8.68. The van der Waals surface area contributed by atoms with Gasteiger partial charge in [-0.15, -0.1) is 11.3 Å². The third kappa shape index (κ3) is 6.23. The molecule has 182 valence electrons. The number of carbonyl (C=O) groups excluding carboxylic acids is 1. The Morgan fingerprint density at radius 2 is 1.91 bits per heavy atom. The number of halogens is 1. The number of sulfone groups is 1. The smallest absolute Gasteiger partial charge is 0.238 e. The topological polar surface area (TPSA) is 116 Å². The summed E-state index contributed by atoms with van der Waals surface area (Å²) in [5, 5.41) is 10.4. The first-order valence-corrected chi connectivity index (χ1v) is 13.2. The van der Waals surface area contributed by atoms with Gasteiger partial charge < -0.3 is 20.9 Å². The lowest BCUT2D eigenvalue weighted by Crippen LogP contribution is -2.27. The molecule has 1 aromatic carbocycles. The summed E-state index contributed by atoms with van der Waals surface area (Å²) < 4.78 is 25.5. The van der Waals surface area contributed by atoms with Crippen molar-refractivity contribution in [1.29, 1.82) is 0 Å². The van der Waals surface area contributed by atoms with Crippen LogP contribution < -0.4 is 16.0 Å². The predicted molar refractivity (Wildman–Crippen MR) is 139 cm³/mol. The van der Waals surface area contributed by atoms with E-state index in [1.807, 2.05) is 33.2 Å². The van der Waals surface area contributed by atoms with Crippen molar-refractivity contribution in [3.63, 3.8) is 0 Å². The van der Waals surface area contributed by atoms with E-state index in [2.05, 4.69) is 25.9 Å². The first-order valence-electron chi connectivity index (χ1n) is 10.4. The first kappa shape index (κ1) is 25.9. The van der Waals surface area contributed by atoms with Gasteiger partial charge >= 0.3 is 0 Å². The minimum Gasteiger partial charge on any atom is -0.337 e. The minimum atomic E-state index is -3.47. The van der Waals surface area contributed by atoms with E-state index in [-0.39, 0.29) is 33.4 Å². The van der Waals surface area contributed by atoms with E-state index in [1.165, 1.54) is 6.20 Å². The summed E-state index contributed by atoms with van der Waals surface area (Å²) >= 11 is 7.43. The van der Waals surface area contributed by atoms with Crippen molar-refractivity contribution in [2.45, 2.75) is 30.2 Å². The molecule has 0 aliphatic heterocycles. The average Bonchev–Trinajstić information content (AvgIpc) is 3.21. The highest BCUT2D eigenvalue weighted by Gasteiger charge is 2.25. The highest BCUT2D eigenvalue weighted by Crippen LogP contribution is 2.34. The second kappa shape index (κ2) is 10.7. The number of thiophene rings is 1. The van der Waals surface area contributed by atoms with Gasteiger partial charge in [0.05, 0.1) is 23.7 Å². The van der Waals surface area contributed by atoms with Crippen LogP contribution in [0.1, 0.15) is 19.4 Å². The summed E-state index contributed by atoms with van der Waals surface area (Å²) in [4.78, 5) is 22.5. The van der Waals surface area contributed by atoms with E-state index in [1.54, 1.807) is 36.3 Å². The predicted octanol–water partition coefficient (Wildman–Crippen LogP) is 4.67. The number of nitrogens with one attached hydrogen (secondary N) is 3. The van der Waals surface area contributed by atoms with Gasteiger partial charge in [-0.05, 0) is 64.0 Å². The quantitative estimate of drug-likeness (QED) is 0.371. The molecule has 9 nitrogen and oxygen atoms in total. The number of hydrogen-bond donors (Lipinski definition) is 3. The SMILES string of the molecule is Cc1ccc(NC(=O)CN(C)C)cc1Nc1ncc(Cl)c(Nc2ccsc2S(=O)(=O)C(C)C)n1. The van der Waals surface area contributed by atoms with E-state index >= 15 is 0 Å². The summed E-state index contributed by atoms with van der Waals surface area (Å²) in [6.07, 6.45) is 1.43. The summed E-state index contributed by atoms with van der Waals surface area (Å²) in [5.41, 5.74) is 2.66. The number of carbonyl (C=O) groups is 1. The maximum absolute atomic E-state index is 12.7. The molecule has 0 aliphatic carbocycles. The van der Waals surface area contributed by atoms with Crippen LogP contribution in [0.3, 0.4) is 0 Å². The van der Waals surface area contributed by atoms with Crippen molar-refractivity contribution in [3.05, 3.63) is 46.4 Å². The maximum atomic E-state index is 12.7. The average molecular weight is 523 g/mol. The molecule has 0 spiro atoms. The highest BCUT2D eigenvalue weighted by molar-refractivity contribution is 7.94. The summed E-state index contributed by atoms with van der Waals surface area (Å²) in [5.74, 6) is 0.401. The molecule has 2 aromatic heterocycles. The zero-order valence-corrected chi connectivity index (χ0v) is 21.9. The zero-order chi connectivity index (χ0) is 25.0. The molecule has 0 aliphatic rings. The van der Waals surface area contributed by atoms with Gasteiger partial charge in [0, 0.05) is 11.4 Å². The molecule has 0 unspecified atom stereocenters. The Hall–Kier alpha value is -2.73. The molecular weight excluding hydrogens is 496 g/mol. The molecule has 34 heavy (non-hydrogen) atoms. The minimum absolute atomic E-state index is 0.128. The summed E-state index contributed by atoms with van der Waals surface area (Å²) in [6, 6.07) is 7.16. The van der Waals surface area contributed by atoms with Crippen LogP contribution >= 0.6 is 22.9 Å². The number of amides is 1. The fraction of sp³-hybridized carbons (Fsp3) is 0.318. The normalized spacial score (nSPS) is 11.6. The number of nitrogens with zero attached hydrogens (tertiary/aromatic N) is 3. The van der Waals surface area contributed by atoms with Crippen LogP contribution in [0.4, 0.5) is 28.8 Å². The number of anilines is 5. The Morgan fingerprint density at radius 1 is 1.18 bits per heavy atom. The molecule has 0 fully saturated rings. The molecule has 0 saturated carbocycles. The number of likely N-dealkylation sites (N-methyl/N-ethyl adjacent to an activating group) is 1. The van der Waals surface area contributed by atoms with Crippen LogP contribution in [0.2, 0.25) is 5.02 Å². The standard InChI is InChI=1S/C22H27ClN6O3S2/c1-13(2)34(31,32)21-17(8-9-33-21)26-20-16(23)11-24-22(28-20)27-18-10-15(7-6-14(18)3)25-19(30)12-29(4)5/h6-11,13H,12H2,1-5H3,(H,25,30)(H2,24,26,27,28). The van der Waals surface area contributed by atoms with Gasteiger partial charge in [-0.1, -0.05) is 17.7 Å². The van der Waals surface area contributed by atoms with Crippen LogP contribution in [-0.4, -0.2) is 55.1 Å². The lowest BCUT2D eigenvalue weighted by atomic mass is 10.2. The molecule has 3 rings (SSSR count). The van der Waals surface area contributed by atoms with Gasteiger partial charge in [-0.2, -0.15) is 4.98 Å². The van der Waals surface area contributed by atoms with Crippen molar-refractivity contribution in [1.82, 2.24) is 14.9 Å². The number of benzene rings is 1. The van der Waals surface area contributed by atoms with Gasteiger partial charge in [0.2, 0.25) is 11.9 Å². The number of aryl methyl sites for hydroxylation is 1. The van der Waals surface area contributed by atoms with Crippen LogP contribution in [0.5, 0.6) is 0 Å². The van der Waals surface area contributed by atoms with Gasteiger partial charge in [-0.3, -0.25) is 4.79 Å². The summed E-state index contributed by atoms with van der Waals surface area (Å²) in [7, 11) is 0.176. The molecule has 0 saturated heterocycles. The van der Waals surface area contributed by atoms with Crippen molar-refractivity contribution in [3.8, 4) is 0 Å². The van der Waals surface area contributed by atoms with E-state index in [0.29, 0.717) is 17.1 Å². The van der Waals surface area contributed by atoms with Crippen molar-refractivity contribution in [2.24, 2.45) is 0 Å². The zero-order valence-electron chi connectivity index (χ0n) is 19.5. The van der Waals surface area contributed by atoms with E-state index in [9.17, 15) is 13.2 Å². The lowest BCUT2D eigenvalue weighted by molar-refractivity contribution is -0.116. The van der Waals surface area contributed by atoms with E-state index in [4.69, 9.17) is 11.6 Å². The molecule has 0 atom stereocenters. The molecule has 3 N–H and O–H groups in total. The first-order chi connectivity index (χ1) is 16.0. The van der Waals surface area contributed by atoms with Gasteiger partial charge in [0.25, 0.3) is 0 Å². The second-order valence-corrected chi connectivity index (χ2v) is 12.2. The van der Waals surface area contributed by atoms with Crippen molar-refractivity contribution in [2.75, 3.05) is 36.6 Å². The second-order valence-electron chi connectivity index (χ2n) is 8.17. The number of hydrogen-bond acceptors (Lipinski definition) is 9. The van der Waals surface area contributed by atoms with E-state index < -0.39 is 15.1 Å². The monoisotopic (exact) mass is 522 g/mol. The van der Waals surface area contributed by atoms with Crippen LogP contribution in [0.15, 0.2) is 40.1 Å².